The Balaban J connectivity index is 1.64. The number of pyridine rings is 1. The van der Waals surface area contributed by atoms with Crippen molar-refractivity contribution in [2.45, 2.75) is 29.9 Å². The number of nitrogens with zero attached hydrogens (tertiary/aromatic N) is 2. The number of aromatic nitrogens is 3. The Labute approximate surface area is 202 Å². The van der Waals surface area contributed by atoms with E-state index in [0.717, 1.165) is 17.5 Å². The molecule has 2 atom stereocenters. The van der Waals surface area contributed by atoms with Crippen molar-refractivity contribution in [3.8, 4) is 11.5 Å². The van der Waals surface area contributed by atoms with Crippen LogP contribution in [-0.2, 0) is 0 Å². The molecular weight excluding hydrogens is 481 g/mol. The molecule has 0 aliphatic carbocycles. The molecule has 3 N–H and O–H groups in total. The lowest BCUT2D eigenvalue weighted by Crippen LogP contribution is -2.54. The van der Waals surface area contributed by atoms with Gasteiger partial charge in [-0.15, -0.1) is 0 Å². The minimum Gasteiger partial charge on any atom is -0.454 e. The summed E-state index contributed by atoms with van der Waals surface area (Å²) in [5.41, 5.74) is -1.31. The summed E-state index contributed by atoms with van der Waals surface area (Å²) in [5.74, 6) is -0.258. The number of halogens is 3. The summed E-state index contributed by atoms with van der Waals surface area (Å²) in [6.07, 6.45) is -2.07. The van der Waals surface area contributed by atoms with Crippen molar-refractivity contribution in [2.24, 2.45) is 0 Å². The molecule has 2 aromatic carbocycles. The number of aliphatic hydroxyl groups is 1. The predicted octanol–water partition coefficient (Wildman–Crippen LogP) is 5.23. The highest BCUT2D eigenvalue weighted by atomic mass is 32.2. The van der Waals surface area contributed by atoms with Crippen LogP contribution in [0.2, 0.25) is 0 Å². The lowest BCUT2D eigenvalue weighted by molar-refractivity contribution is -0.256. The monoisotopic (exact) mass is 502 g/mol. The second-order valence-corrected chi connectivity index (χ2v) is 9.05. The van der Waals surface area contributed by atoms with Gasteiger partial charge < -0.3 is 24.9 Å². The molecule has 1 aliphatic rings. The van der Waals surface area contributed by atoms with Crippen LogP contribution in [0.25, 0.3) is 10.9 Å². The van der Waals surface area contributed by atoms with Crippen LogP contribution < -0.4 is 14.8 Å². The Hall–Kier alpha value is -3.44. The molecule has 0 saturated heterocycles. The normalized spacial score (nSPS) is 15.7. The van der Waals surface area contributed by atoms with Crippen LogP contribution in [0.3, 0.4) is 0 Å². The summed E-state index contributed by atoms with van der Waals surface area (Å²) in [5, 5.41) is 15.3. The summed E-state index contributed by atoms with van der Waals surface area (Å²) >= 11 is 0.772. The highest BCUT2D eigenvalue weighted by molar-refractivity contribution is 7.99. The molecule has 0 fully saturated rings. The molecular formula is C24H21F3N4O3S. The molecule has 2 aromatic heterocycles. The Morgan fingerprint density at radius 3 is 2.74 bits per heavy atom. The van der Waals surface area contributed by atoms with E-state index in [0.29, 0.717) is 22.3 Å². The number of imidazole rings is 1. The molecule has 0 spiro atoms. The van der Waals surface area contributed by atoms with Gasteiger partial charge in [-0.05, 0) is 37.3 Å². The third kappa shape index (κ3) is 4.37. The molecule has 5 rings (SSSR count). The lowest BCUT2D eigenvalue weighted by atomic mass is 9.88. The molecule has 7 nitrogen and oxygen atoms in total. The number of aryl methyl sites for hydroxylation is 1. The van der Waals surface area contributed by atoms with Gasteiger partial charge in [-0.25, -0.2) is 4.98 Å². The van der Waals surface area contributed by atoms with Crippen LogP contribution in [0.1, 0.15) is 17.3 Å². The van der Waals surface area contributed by atoms with Gasteiger partial charge in [0.15, 0.2) is 22.3 Å². The average Bonchev–Trinajstić information content (AvgIpc) is 3.52. The van der Waals surface area contributed by atoms with Crippen molar-refractivity contribution in [2.75, 3.05) is 17.9 Å². The van der Waals surface area contributed by atoms with Crippen LogP contribution >= 0.6 is 11.8 Å². The number of fused-ring (bicyclic) bond motifs is 2. The maximum atomic E-state index is 14.7. The largest absolute Gasteiger partial charge is 0.454 e. The summed E-state index contributed by atoms with van der Waals surface area (Å²) in [4.78, 5) is 11.2. The Bertz CT molecular complexity index is 1350. The zero-order valence-electron chi connectivity index (χ0n) is 18.5. The number of anilines is 1. The zero-order chi connectivity index (χ0) is 24.6. The van der Waals surface area contributed by atoms with Gasteiger partial charge in [-0.3, -0.25) is 4.98 Å². The number of para-hydroxylation sites is 1. The minimum absolute atomic E-state index is 0.122. The SMILES string of the molecule is Cc1ccc2c(NC(c3cccc4c3OCO4)C(O)(CSc3ncc[nH]3)C(F)(F)F)cccc2n1. The topological polar surface area (TPSA) is 92.3 Å². The van der Waals surface area contributed by atoms with E-state index < -0.39 is 23.6 Å². The Morgan fingerprint density at radius 1 is 1.14 bits per heavy atom. The van der Waals surface area contributed by atoms with Gasteiger partial charge in [0.1, 0.15) is 0 Å². The summed E-state index contributed by atoms with van der Waals surface area (Å²) in [6.45, 7) is 1.71. The van der Waals surface area contributed by atoms with Crippen LogP contribution in [0.4, 0.5) is 18.9 Å². The third-order valence-corrected chi connectivity index (χ3v) is 6.86. The first kappa shape index (κ1) is 23.3. The van der Waals surface area contributed by atoms with Crippen molar-refractivity contribution < 1.29 is 27.8 Å². The fraction of sp³-hybridized carbons (Fsp3) is 0.250. The highest BCUT2D eigenvalue weighted by Gasteiger charge is 2.60. The van der Waals surface area contributed by atoms with E-state index in [4.69, 9.17) is 9.47 Å². The van der Waals surface area contributed by atoms with Crippen LogP contribution in [0, 0.1) is 6.92 Å². The number of benzene rings is 2. The molecule has 0 saturated carbocycles. The molecule has 0 bridgehead atoms. The average molecular weight is 503 g/mol. The van der Waals surface area contributed by atoms with E-state index in [-0.39, 0.29) is 23.3 Å². The molecule has 4 aromatic rings. The smallest absolute Gasteiger partial charge is 0.420 e. The Kier molecular flexibility index (Phi) is 5.97. The number of hydrogen-bond acceptors (Lipinski definition) is 7. The van der Waals surface area contributed by atoms with E-state index in [1.165, 1.54) is 18.5 Å². The quantitative estimate of drug-likeness (QED) is 0.298. The second kappa shape index (κ2) is 8.97. The van der Waals surface area contributed by atoms with Gasteiger partial charge in [0, 0.05) is 40.5 Å². The van der Waals surface area contributed by atoms with E-state index in [9.17, 15) is 18.3 Å². The molecule has 3 heterocycles. The standard InChI is InChI=1S/C24H21F3N4O3S/c1-14-8-9-15-17(30-14)5-3-6-18(15)31-21(16-4-2-7-19-20(16)34-13-33-19)23(32,24(25,26)27)12-35-22-28-10-11-29-22/h2-11,21,31-32H,12-13H2,1H3,(H,28,29). The number of thioether (sulfide) groups is 1. The van der Waals surface area contributed by atoms with Gasteiger partial charge in [0.05, 0.1) is 11.6 Å². The third-order valence-electron chi connectivity index (χ3n) is 5.78. The zero-order valence-corrected chi connectivity index (χ0v) is 19.3. The number of aromatic amines is 1. The van der Waals surface area contributed by atoms with Crippen LogP contribution in [0.5, 0.6) is 11.5 Å². The predicted molar refractivity (Wildman–Crippen MR) is 126 cm³/mol. The molecule has 2 unspecified atom stereocenters. The molecule has 0 amide bonds. The second-order valence-electron chi connectivity index (χ2n) is 8.09. The number of ether oxygens (including phenoxy) is 2. The van der Waals surface area contributed by atoms with Gasteiger partial charge in [0.25, 0.3) is 0 Å². The molecule has 0 radical (unpaired) electrons. The molecule has 35 heavy (non-hydrogen) atoms. The summed E-state index contributed by atoms with van der Waals surface area (Å²) < 4.78 is 54.9. The van der Waals surface area contributed by atoms with E-state index >= 15 is 0 Å². The maximum Gasteiger partial charge on any atom is 0.420 e. The summed E-state index contributed by atoms with van der Waals surface area (Å²) in [7, 11) is 0. The first-order valence-electron chi connectivity index (χ1n) is 10.7. The fourth-order valence-corrected chi connectivity index (χ4v) is 4.98. The van der Waals surface area contributed by atoms with E-state index in [1.807, 2.05) is 6.92 Å². The number of rotatable bonds is 7. The van der Waals surface area contributed by atoms with Gasteiger partial charge in [-0.2, -0.15) is 13.2 Å². The number of H-pyrrole nitrogens is 1. The van der Waals surface area contributed by atoms with Crippen molar-refractivity contribution in [3.63, 3.8) is 0 Å². The van der Waals surface area contributed by atoms with E-state index in [2.05, 4.69) is 20.3 Å². The number of nitrogens with one attached hydrogen (secondary N) is 2. The van der Waals surface area contributed by atoms with Crippen molar-refractivity contribution in [1.82, 2.24) is 15.0 Å². The van der Waals surface area contributed by atoms with Crippen molar-refractivity contribution in [1.29, 1.82) is 0 Å². The van der Waals surface area contributed by atoms with Crippen LogP contribution in [-0.4, -0.2) is 44.4 Å². The maximum absolute atomic E-state index is 14.7. The molecule has 1 aliphatic heterocycles. The summed E-state index contributed by atoms with van der Waals surface area (Å²) in [6, 6.07) is 11.7. The number of hydrogen-bond donors (Lipinski definition) is 3. The van der Waals surface area contributed by atoms with Crippen LogP contribution in [0.15, 0.2) is 66.1 Å². The first-order valence-corrected chi connectivity index (χ1v) is 11.7. The minimum atomic E-state index is -5.01. The van der Waals surface area contributed by atoms with Crippen molar-refractivity contribution in [3.05, 3.63) is 72.2 Å². The fourth-order valence-electron chi connectivity index (χ4n) is 4.01. The lowest BCUT2D eigenvalue weighted by Gasteiger charge is -2.39. The first-order chi connectivity index (χ1) is 16.8. The Morgan fingerprint density at radius 2 is 1.97 bits per heavy atom. The van der Waals surface area contributed by atoms with Gasteiger partial charge in [-0.1, -0.05) is 30.0 Å². The highest BCUT2D eigenvalue weighted by Crippen LogP contribution is 2.49. The van der Waals surface area contributed by atoms with E-state index in [1.54, 1.807) is 42.5 Å². The molecule has 11 heteroatoms. The van der Waals surface area contributed by atoms with Gasteiger partial charge in [0.2, 0.25) is 6.79 Å². The van der Waals surface area contributed by atoms with Gasteiger partial charge >= 0.3 is 6.18 Å². The number of alkyl halides is 3. The molecule has 182 valence electrons. The van der Waals surface area contributed by atoms with Crippen molar-refractivity contribution >= 4 is 28.4 Å².